The van der Waals surface area contributed by atoms with Crippen molar-refractivity contribution in [3.8, 4) is 0 Å². The molecule has 2 heterocycles. The predicted octanol–water partition coefficient (Wildman–Crippen LogP) is 4.27. The van der Waals surface area contributed by atoms with Crippen LogP contribution < -0.4 is 0 Å². The standard InChI is InChI=1S/C22H23N3O4S2/c1-4-11-25-18-10-9-16(31(27,28)24(2)3)13-17(18)23-21(25)14-29-22(26)20-12-15-7-5-6-8-19(15)30-20/h5-10,12-13H,4,11,14H2,1-3H3. The molecule has 0 aliphatic heterocycles. The molecular weight excluding hydrogens is 434 g/mol. The summed E-state index contributed by atoms with van der Waals surface area (Å²) in [5.74, 6) is 0.192. The fraction of sp³-hybridized carbons (Fsp3) is 0.273. The molecule has 9 heteroatoms. The molecule has 0 aliphatic carbocycles. The van der Waals surface area contributed by atoms with Crippen LogP contribution in [0.4, 0.5) is 0 Å². The Morgan fingerprint density at radius 2 is 1.94 bits per heavy atom. The molecule has 2 aromatic carbocycles. The van der Waals surface area contributed by atoms with Crippen LogP contribution in [0.1, 0.15) is 28.8 Å². The van der Waals surface area contributed by atoms with Crippen molar-refractivity contribution in [3.05, 3.63) is 59.2 Å². The zero-order chi connectivity index (χ0) is 22.2. The van der Waals surface area contributed by atoms with Gasteiger partial charge < -0.3 is 9.30 Å². The third-order valence-electron chi connectivity index (χ3n) is 4.98. The van der Waals surface area contributed by atoms with Gasteiger partial charge in [0.15, 0.2) is 0 Å². The summed E-state index contributed by atoms with van der Waals surface area (Å²) in [4.78, 5) is 17.9. The first-order chi connectivity index (χ1) is 14.8. The summed E-state index contributed by atoms with van der Waals surface area (Å²) in [5, 5.41) is 1.01. The number of imidazole rings is 1. The Morgan fingerprint density at radius 3 is 2.65 bits per heavy atom. The van der Waals surface area contributed by atoms with Crippen molar-refractivity contribution in [1.29, 1.82) is 0 Å². The number of rotatable bonds is 7. The maximum Gasteiger partial charge on any atom is 0.348 e. The molecule has 0 N–H and O–H groups in total. The molecule has 0 saturated heterocycles. The largest absolute Gasteiger partial charge is 0.453 e. The number of hydrogen-bond acceptors (Lipinski definition) is 6. The molecule has 4 rings (SSSR count). The van der Waals surface area contributed by atoms with Crippen LogP contribution in [0, 0.1) is 0 Å². The van der Waals surface area contributed by atoms with Gasteiger partial charge in [-0.25, -0.2) is 22.5 Å². The number of ether oxygens (including phenoxy) is 1. The topological polar surface area (TPSA) is 81.5 Å². The molecule has 31 heavy (non-hydrogen) atoms. The van der Waals surface area contributed by atoms with Gasteiger partial charge in [-0.1, -0.05) is 25.1 Å². The van der Waals surface area contributed by atoms with E-state index < -0.39 is 16.0 Å². The monoisotopic (exact) mass is 457 g/mol. The van der Waals surface area contributed by atoms with Crippen LogP contribution in [0.15, 0.2) is 53.4 Å². The molecule has 7 nitrogen and oxygen atoms in total. The second-order valence-corrected chi connectivity index (χ2v) is 10.6. The number of carbonyl (C=O) groups excluding carboxylic acids is 1. The molecular formula is C22H23N3O4S2. The zero-order valence-electron chi connectivity index (χ0n) is 17.5. The zero-order valence-corrected chi connectivity index (χ0v) is 19.2. The fourth-order valence-corrected chi connectivity index (χ4v) is 5.28. The van der Waals surface area contributed by atoms with Crippen molar-refractivity contribution in [1.82, 2.24) is 13.9 Å². The lowest BCUT2D eigenvalue weighted by Gasteiger charge is -2.11. The number of nitrogens with zero attached hydrogens (tertiary/aromatic N) is 3. The minimum Gasteiger partial charge on any atom is -0.453 e. The second-order valence-electron chi connectivity index (χ2n) is 7.34. The van der Waals surface area contributed by atoms with E-state index in [0.29, 0.717) is 22.8 Å². The molecule has 0 radical (unpaired) electrons. The Morgan fingerprint density at radius 1 is 1.16 bits per heavy atom. The first kappa shape index (κ1) is 21.5. The van der Waals surface area contributed by atoms with Crippen molar-refractivity contribution in [2.75, 3.05) is 14.1 Å². The Balaban J connectivity index is 1.62. The lowest BCUT2D eigenvalue weighted by molar-refractivity contribution is 0.0464. The Hall–Kier alpha value is -2.75. The molecule has 0 saturated carbocycles. The number of aryl methyl sites for hydroxylation is 1. The minimum absolute atomic E-state index is 0.0114. The molecule has 4 aromatic rings. The SMILES string of the molecule is CCCn1c(COC(=O)c2cc3ccccc3s2)nc2cc(S(=O)(=O)N(C)C)ccc21. The number of aromatic nitrogens is 2. The number of sulfonamides is 1. The van der Waals surface area contributed by atoms with Gasteiger partial charge in [0.25, 0.3) is 0 Å². The van der Waals surface area contributed by atoms with Gasteiger partial charge in [0.2, 0.25) is 10.0 Å². The summed E-state index contributed by atoms with van der Waals surface area (Å²) < 4.78 is 34.7. The van der Waals surface area contributed by atoms with Crippen molar-refractivity contribution >= 4 is 48.4 Å². The van der Waals surface area contributed by atoms with Crippen LogP contribution in [0.2, 0.25) is 0 Å². The van der Waals surface area contributed by atoms with Gasteiger partial charge in [-0.3, -0.25) is 0 Å². The fourth-order valence-electron chi connectivity index (χ4n) is 3.40. The highest BCUT2D eigenvalue weighted by Crippen LogP contribution is 2.27. The van der Waals surface area contributed by atoms with Crippen LogP contribution in [0.5, 0.6) is 0 Å². The lowest BCUT2D eigenvalue weighted by atomic mass is 10.2. The summed E-state index contributed by atoms with van der Waals surface area (Å²) in [7, 11) is -0.570. The van der Waals surface area contributed by atoms with Crippen LogP contribution in [-0.2, 0) is 27.9 Å². The van der Waals surface area contributed by atoms with Gasteiger partial charge in [-0.05, 0) is 42.1 Å². The van der Waals surface area contributed by atoms with E-state index in [1.807, 2.05) is 41.8 Å². The molecule has 0 fully saturated rings. The Labute approximate surface area is 184 Å². The average molecular weight is 458 g/mol. The van der Waals surface area contributed by atoms with E-state index in [9.17, 15) is 13.2 Å². The molecule has 0 amide bonds. The molecule has 0 aliphatic rings. The van der Waals surface area contributed by atoms with Gasteiger partial charge in [0.05, 0.1) is 15.9 Å². The first-order valence-corrected chi connectivity index (χ1v) is 12.1. The smallest absolute Gasteiger partial charge is 0.348 e. The summed E-state index contributed by atoms with van der Waals surface area (Å²) >= 11 is 1.39. The third kappa shape index (κ3) is 4.08. The predicted molar refractivity (Wildman–Crippen MR) is 122 cm³/mol. The van der Waals surface area contributed by atoms with E-state index in [-0.39, 0.29) is 11.5 Å². The highest BCUT2D eigenvalue weighted by Gasteiger charge is 2.20. The molecule has 0 unspecified atom stereocenters. The normalized spacial score (nSPS) is 12.1. The number of thiophene rings is 1. The third-order valence-corrected chi connectivity index (χ3v) is 7.89. The van der Waals surface area contributed by atoms with Gasteiger partial charge >= 0.3 is 5.97 Å². The maximum absolute atomic E-state index is 12.6. The minimum atomic E-state index is -3.56. The molecule has 0 atom stereocenters. The van der Waals surface area contributed by atoms with Crippen LogP contribution in [-0.4, -0.2) is 42.3 Å². The second kappa shape index (κ2) is 8.41. The van der Waals surface area contributed by atoms with E-state index >= 15 is 0 Å². The van der Waals surface area contributed by atoms with E-state index in [0.717, 1.165) is 22.0 Å². The van der Waals surface area contributed by atoms with E-state index in [1.54, 1.807) is 18.2 Å². The van der Waals surface area contributed by atoms with Crippen molar-refractivity contribution in [2.45, 2.75) is 31.4 Å². The quantitative estimate of drug-likeness (QED) is 0.387. The molecule has 162 valence electrons. The van der Waals surface area contributed by atoms with Crippen LogP contribution >= 0.6 is 11.3 Å². The van der Waals surface area contributed by atoms with E-state index in [4.69, 9.17) is 4.74 Å². The molecule has 0 bridgehead atoms. The molecule has 0 spiro atoms. The Bertz CT molecular complexity index is 1340. The number of carbonyl (C=O) groups is 1. The van der Waals surface area contributed by atoms with Crippen molar-refractivity contribution < 1.29 is 17.9 Å². The van der Waals surface area contributed by atoms with E-state index in [1.165, 1.54) is 29.7 Å². The number of hydrogen-bond donors (Lipinski definition) is 0. The van der Waals surface area contributed by atoms with Crippen LogP contribution in [0.3, 0.4) is 0 Å². The summed E-state index contributed by atoms with van der Waals surface area (Å²) in [5.41, 5.74) is 1.37. The molecule has 2 aromatic heterocycles. The first-order valence-electron chi connectivity index (χ1n) is 9.88. The Kier molecular flexibility index (Phi) is 5.83. The van der Waals surface area contributed by atoms with Gasteiger partial charge in [0, 0.05) is 25.3 Å². The van der Waals surface area contributed by atoms with Crippen molar-refractivity contribution in [3.63, 3.8) is 0 Å². The van der Waals surface area contributed by atoms with Gasteiger partial charge in [-0.2, -0.15) is 0 Å². The summed E-state index contributed by atoms with van der Waals surface area (Å²) in [6.45, 7) is 2.74. The van der Waals surface area contributed by atoms with Crippen LogP contribution in [0.25, 0.3) is 21.1 Å². The summed E-state index contributed by atoms with van der Waals surface area (Å²) in [6.07, 6.45) is 0.862. The number of esters is 1. The van der Waals surface area contributed by atoms with Gasteiger partial charge in [0.1, 0.15) is 17.3 Å². The number of fused-ring (bicyclic) bond motifs is 2. The van der Waals surface area contributed by atoms with Crippen molar-refractivity contribution in [2.24, 2.45) is 0 Å². The maximum atomic E-state index is 12.6. The highest BCUT2D eigenvalue weighted by atomic mass is 32.2. The highest BCUT2D eigenvalue weighted by molar-refractivity contribution is 7.89. The lowest BCUT2D eigenvalue weighted by Crippen LogP contribution is -2.22. The average Bonchev–Trinajstić information content (AvgIpc) is 3.33. The summed E-state index contributed by atoms with van der Waals surface area (Å²) in [6, 6.07) is 14.5. The number of benzene rings is 2. The van der Waals surface area contributed by atoms with E-state index in [2.05, 4.69) is 4.98 Å². The van der Waals surface area contributed by atoms with Gasteiger partial charge in [-0.15, -0.1) is 11.3 Å².